The number of nitrogens with zero attached hydrogens (tertiary/aromatic N) is 3. The van der Waals surface area contributed by atoms with Crippen LogP contribution in [-0.2, 0) is 9.59 Å². The lowest BCUT2D eigenvalue weighted by molar-refractivity contribution is -0.128. The zero-order valence-corrected chi connectivity index (χ0v) is 14.2. The van der Waals surface area contributed by atoms with Crippen molar-refractivity contribution >= 4 is 35.2 Å². The molecule has 0 saturated heterocycles. The standard InChI is InChI=1S/C15H15N7O3S/c16-6-9-1-3-10(4-2-9)25-7-13(23)21-22-14(24)8-26-15-19-11(17)5-12(18)20-15/h1-5H,7-8H2,(H,21,23)(H,22,24)(H4,17,18,19,20). The summed E-state index contributed by atoms with van der Waals surface area (Å²) in [5.74, 6) is -0.220. The number of nitrogens with one attached hydrogen (secondary N) is 2. The summed E-state index contributed by atoms with van der Waals surface area (Å²) in [6.07, 6.45) is 0. The van der Waals surface area contributed by atoms with Crippen molar-refractivity contribution in [3.8, 4) is 11.8 Å². The van der Waals surface area contributed by atoms with E-state index in [9.17, 15) is 9.59 Å². The molecule has 1 aromatic heterocycles. The fourth-order valence-corrected chi connectivity index (χ4v) is 2.32. The quantitative estimate of drug-likeness (QED) is 0.305. The highest BCUT2D eigenvalue weighted by Crippen LogP contribution is 2.15. The van der Waals surface area contributed by atoms with E-state index in [1.807, 2.05) is 6.07 Å². The first-order chi connectivity index (χ1) is 12.5. The number of rotatable bonds is 6. The lowest BCUT2D eigenvalue weighted by Crippen LogP contribution is -2.44. The predicted octanol–water partition coefficient (Wildman–Crippen LogP) is -0.169. The fourth-order valence-electron chi connectivity index (χ4n) is 1.64. The van der Waals surface area contributed by atoms with Crippen LogP contribution in [0, 0.1) is 11.3 Å². The highest BCUT2D eigenvalue weighted by molar-refractivity contribution is 7.99. The zero-order valence-electron chi connectivity index (χ0n) is 13.4. The zero-order chi connectivity index (χ0) is 18.9. The normalized spacial score (nSPS) is 9.81. The monoisotopic (exact) mass is 373 g/mol. The molecule has 0 bridgehead atoms. The molecule has 1 heterocycles. The second-order valence-electron chi connectivity index (χ2n) is 4.81. The molecule has 134 valence electrons. The summed E-state index contributed by atoms with van der Waals surface area (Å²) < 4.78 is 5.23. The number of hydrogen-bond acceptors (Lipinski definition) is 9. The van der Waals surface area contributed by atoms with Crippen LogP contribution in [-0.4, -0.2) is 34.1 Å². The van der Waals surface area contributed by atoms with Gasteiger partial charge in [0, 0.05) is 6.07 Å². The van der Waals surface area contributed by atoms with Gasteiger partial charge in [-0.3, -0.25) is 20.4 Å². The number of ether oxygens (including phenoxy) is 1. The third-order valence-corrected chi connectivity index (χ3v) is 3.62. The van der Waals surface area contributed by atoms with Crippen molar-refractivity contribution < 1.29 is 14.3 Å². The van der Waals surface area contributed by atoms with Crippen LogP contribution in [0.5, 0.6) is 5.75 Å². The van der Waals surface area contributed by atoms with E-state index in [2.05, 4.69) is 20.8 Å². The Bertz CT molecular complexity index is 816. The van der Waals surface area contributed by atoms with Crippen LogP contribution in [0.25, 0.3) is 0 Å². The van der Waals surface area contributed by atoms with Gasteiger partial charge in [0.1, 0.15) is 17.4 Å². The molecule has 0 fully saturated rings. The highest BCUT2D eigenvalue weighted by Gasteiger charge is 2.08. The van der Waals surface area contributed by atoms with E-state index in [4.69, 9.17) is 21.5 Å². The molecule has 0 spiro atoms. The average molecular weight is 373 g/mol. The van der Waals surface area contributed by atoms with Gasteiger partial charge < -0.3 is 16.2 Å². The van der Waals surface area contributed by atoms with Gasteiger partial charge in [-0.05, 0) is 24.3 Å². The third-order valence-electron chi connectivity index (χ3n) is 2.77. The number of nitrogen functional groups attached to an aromatic ring is 2. The molecule has 0 saturated carbocycles. The third kappa shape index (κ3) is 6.17. The van der Waals surface area contributed by atoms with Crippen LogP contribution in [0.3, 0.4) is 0 Å². The van der Waals surface area contributed by atoms with Crippen LogP contribution < -0.4 is 27.1 Å². The second-order valence-corrected chi connectivity index (χ2v) is 5.75. The summed E-state index contributed by atoms with van der Waals surface area (Å²) in [6.45, 7) is -0.297. The number of nitrogens with two attached hydrogens (primary N) is 2. The maximum atomic E-state index is 11.7. The Morgan fingerprint density at radius 1 is 1.12 bits per heavy atom. The lowest BCUT2D eigenvalue weighted by atomic mass is 10.2. The SMILES string of the molecule is N#Cc1ccc(OCC(=O)NNC(=O)CSc2nc(N)cc(N)n2)cc1. The number of amides is 2. The van der Waals surface area contributed by atoms with Crippen molar-refractivity contribution in [2.75, 3.05) is 23.8 Å². The van der Waals surface area contributed by atoms with E-state index < -0.39 is 11.8 Å². The summed E-state index contributed by atoms with van der Waals surface area (Å²) in [5.41, 5.74) is 16.0. The van der Waals surface area contributed by atoms with Gasteiger partial charge >= 0.3 is 0 Å². The lowest BCUT2D eigenvalue weighted by Gasteiger charge is -2.08. The number of carbonyl (C=O) groups excluding carboxylic acids is 2. The largest absolute Gasteiger partial charge is 0.484 e. The molecule has 10 nitrogen and oxygen atoms in total. The molecule has 6 N–H and O–H groups in total. The van der Waals surface area contributed by atoms with Crippen LogP contribution >= 0.6 is 11.8 Å². The van der Waals surface area contributed by atoms with Crippen molar-refractivity contribution in [1.29, 1.82) is 5.26 Å². The Kier molecular flexibility index (Phi) is 6.58. The Hall–Kier alpha value is -3.52. The van der Waals surface area contributed by atoms with Crippen LogP contribution in [0.4, 0.5) is 11.6 Å². The maximum absolute atomic E-state index is 11.7. The van der Waals surface area contributed by atoms with Crippen LogP contribution in [0.2, 0.25) is 0 Å². The Labute approximate surface area is 152 Å². The Morgan fingerprint density at radius 2 is 1.73 bits per heavy atom. The molecule has 0 aliphatic heterocycles. The molecule has 26 heavy (non-hydrogen) atoms. The van der Waals surface area contributed by atoms with Gasteiger partial charge in [-0.25, -0.2) is 9.97 Å². The number of benzene rings is 1. The van der Waals surface area contributed by atoms with Gasteiger partial charge in [0.15, 0.2) is 11.8 Å². The Morgan fingerprint density at radius 3 is 2.35 bits per heavy atom. The molecular weight excluding hydrogens is 358 g/mol. The van der Waals surface area contributed by atoms with Gasteiger partial charge in [-0.1, -0.05) is 11.8 Å². The number of hydrazine groups is 1. The van der Waals surface area contributed by atoms with Crippen molar-refractivity contribution in [2.24, 2.45) is 0 Å². The van der Waals surface area contributed by atoms with E-state index in [-0.39, 0.29) is 29.2 Å². The van der Waals surface area contributed by atoms with Crippen molar-refractivity contribution in [1.82, 2.24) is 20.8 Å². The molecule has 0 aliphatic rings. The molecule has 11 heteroatoms. The van der Waals surface area contributed by atoms with Gasteiger partial charge in [0.05, 0.1) is 17.4 Å². The number of hydrogen-bond donors (Lipinski definition) is 4. The number of carbonyl (C=O) groups is 2. The van der Waals surface area contributed by atoms with Gasteiger partial charge in [0.25, 0.3) is 5.91 Å². The molecule has 2 amide bonds. The first kappa shape index (κ1) is 18.8. The Balaban J connectivity index is 1.69. The topological polar surface area (TPSA) is 169 Å². The van der Waals surface area contributed by atoms with Gasteiger partial charge in [0.2, 0.25) is 5.91 Å². The molecule has 0 unspecified atom stereocenters. The molecule has 0 radical (unpaired) electrons. The summed E-state index contributed by atoms with van der Waals surface area (Å²) in [4.78, 5) is 31.2. The van der Waals surface area contributed by atoms with Gasteiger partial charge in [-0.2, -0.15) is 5.26 Å². The predicted molar refractivity (Wildman–Crippen MR) is 94.5 cm³/mol. The molecule has 0 aliphatic carbocycles. The van der Waals surface area contributed by atoms with E-state index in [1.165, 1.54) is 6.07 Å². The van der Waals surface area contributed by atoms with E-state index in [0.717, 1.165) is 11.8 Å². The number of nitriles is 1. The van der Waals surface area contributed by atoms with E-state index in [0.29, 0.717) is 11.3 Å². The second kappa shape index (κ2) is 9.09. The minimum Gasteiger partial charge on any atom is -0.484 e. The number of anilines is 2. The summed E-state index contributed by atoms with van der Waals surface area (Å²) in [5, 5.41) is 8.95. The summed E-state index contributed by atoms with van der Waals surface area (Å²) in [7, 11) is 0. The van der Waals surface area contributed by atoms with Crippen LogP contribution in [0.1, 0.15) is 5.56 Å². The minimum atomic E-state index is -0.544. The van der Waals surface area contributed by atoms with Crippen molar-refractivity contribution in [2.45, 2.75) is 5.16 Å². The molecule has 0 atom stereocenters. The molecule has 1 aromatic carbocycles. The molecule has 2 rings (SSSR count). The van der Waals surface area contributed by atoms with Crippen molar-refractivity contribution in [3.63, 3.8) is 0 Å². The van der Waals surface area contributed by atoms with Gasteiger partial charge in [-0.15, -0.1) is 0 Å². The first-order valence-electron chi connectivity index (χ1n) is 7.20. The number of thioether (sulfide) groups is 1. The molecule has 2 aromatic rings. The average Bonchev–Trinajstić information content (AvgIpc) is 2.62. The smallest absolute Gasteiger partial charge is 0.276 e. The summed E-state index contributed by atoms with van der Waals surface area (Å²) in [6, 6.07) is 9.64. The van der Waals surface area contributed by atoms with E-state index >= 15 is 0 Å². The first-order valence-corrected chi connectivity index (χ1v) is 8.18. The fraction of sp³-hybridized carbons (Fsp3) is 0.133. The van der Waals surface area contributed by atoms with Crippen molar-refractivity contribution in [3.05, 3.63) is 35.9 Å². The van der Waals surface area contributed by atoms with Crippen LogP contribution in [0.15, 0.2) is 35.5 Å². The minimum absolute atomic E-state index is 0.0420. The highest BCUT2D eigenvalue weighted by atomic mass is 32.2. The van der Waals surface area contributed by atoms with E-state index in [1.54, 1.807) is 24.3 Å². The number of aromatic nitrogens is 2. The maximum Gasteiger partial charge on any atom is 0.276 e. The molecular formula is C15H15N7O3S. The summed E-state index contributed by atoms with van der Waals surface area (Å²) >= 11 is 1.02.